The monoisotopic (exact) mass is 387 g/mol. The number of esters is 2. The maximum absolute atomic E-state index is 11.7. The van der Waals surface area contributed by atoms with Crippen molar-refractivity contribution < 1.29 is 35.9 Å². The fourth-order valence-electron chi connectivity index (χ4n) is 1.48. The number of ether oxygens (including phenoxy) is 2. The van der Waals surface area contributed by atoms with E-state index < -0.39 is 43.7 Å². The number of hydrogen-bond acceptors (Lipinski definition) is 8. The van der Waals surface area contributed by atoms with Crippen LogP contribution in [0.4, 0.5) is 0 Å². The number of rotatable bonds is 12. The topological polar surface area (TPSA) is 133 Å². The Bertz CT molecular complexity index is 610. The van der Waals surface area contributed by atoms with Crippen molar-refractivity contribution in [3.05, 3.63) is 0 Å². The molecule has 0 aliphatic heterocycles. The maximum atomic E-state index is 11.7. The van der Waals surface area contributed by atoms with Gasteiger partial charge in [-0.05, 0) is 27.2 Å². The van der Waals surface area contributed by atoms with Crippen LogP contribution < -0.4 is 4.72 Å². The summed E-state index contributed by atoms with van der Waals surface area (Å²) in [5, 5.41) is -0.553. The van der Waals surface area contributed by atoms with Crippen molar-refractivity contribution in [3.63, 3.8) is 0 Å². The summed E-state index contributed by atoms with van der Waals surface area (Å²) in [5.74, 6) is -1.99. The number of hydrogen-bond donors (Lipinski definition) is 1. The maximum Gasteiger partial charge on any atom is 0.344 e. The van der Waals surface area contributed by atoms with Gasteiger partial charge in [0.2, 0.25) is 10.0 Å². The molecule has 0 saturated carbocycles. The fourth-order valence-corrected chi connectivity index (χ4v) is 3.76. The molecule has 0 fully saturated rings. The highest BCUT2D eigenvalue weighted by Crippen LogP contribution is 2.03. The third kappa shape index (κ3) is 10.6. The normalized spacial score (nSPS) is 12.2. The molecule has 0 aromatic heterocycles. The van der Waals surface area contributed by atoms with Crippen LogP contribution >= 0.6 is 0 Å². The average molecular weight is 387 g/mol. The van der Waals surface area contributed by atoms with Crippen LogP contribution in [0.5, 0.6) is 0 Å². The van der Waals surface area contributed by atoms with Crippen LogP contribution in [0.2, 0.25) is 0 Å². The lowest BCUT2D eigenvalue weighted by Crippen LogP contribution is -2.30. The Kier molecular flexibility index (Phi) is 10.1. The van der Waals surface area contributed by atoms with Crippen LogP contribution in [0.1, 0.15) is 33.6 Å². The molecule has 0 unspecified atom stereocenters. The summed E-state index contributed by atoms with van der Waals surface area (Å²) in [5.41, 5.74) is 0. The van der Waals surface area contributed by atoms with E-state index in [1.807, 2.05) is 0 Å². The molecule has 0 saturated heterocycles. The Morgan fingerprint density at radius 2 is 1.62 bits per heavy atom. The minimum Gasteiger partial charge on any atom is -0.463 e. The van der Waals surface area contributed by atoms with Crippen LogP contribution in [-0.2, 0) is 38.9 Å². The smallest absolute Gasteiger partial charge is 0.344 e. The van der Waals surface area contributed by atoms with Gasteiger partial charge in [-0.3, -0.25) is 4.79 Å². The summed E-state index contributed by atoms with van der Waals surface area (Å²) < 4.78 is 57.9. The van der Waals surface area contributed by atoms with E-state index in [1.165, 1.54) is 13.8 Å². The summed E-state index contributed by atoms with van der Waals surface area (Å²) in [4.78, 5) is 22.3. The second-order valence-electron chi connectivity index (χ2n) is 5.20. The first-order chi connectivity index (χ1) is 11.0. The van der Waals surface area contributed by atoms with E-state index in [-0.39, 0.29) is 37.5 Å². The van der Waals surface area contributed by atoms with Gasteiger partial charge in [0.1, 0.15) is 0 Å². The lowest BCUT2D eigenvalue weighted by atomic mass is 10.4. The molecule has 0 rings (SSSR count). The number of nitrogens with one attached hydrogen (secondary N) is 1. The zero-order valence-corrected chi connectivity index (χ0v) is 15.7. The zero-order chi connectivity index (χ0) is 18.8. The van der Waals surface area contributed by atoms with Gasteiger partial charge in [-0.15, -0.1) is 0 Å². The van der Waals surface area contributed by atoms with Gasteiger partial charge in [-0.2, -0.15) is 0 Å². The molecule has 0 atom stereocenters. The molecule has 142 valence electrons. The molecule has 24 heavy (non-hydrogen) atoms. The van der Waals surface area contributed by atoms with Crippen molar-refractivity contribution in [2.45, 2.75) is 38.9 Å². The van der Waals surface area contributed by atoms with Crippen LogP contribution in [-0.4, -0.2) is 65.3 Å². The Morgan fingerprint density at radius 3 is 2.17 bits per heavy atom. The highest BCUT2D eigenvalue weighted by molar-refractivity contribution is 7.92. The Hall–Kier alpha value is -1.20. The number of carbonyl (C=O) groups excluding carboxylic acids is 2. The second kappa shape index (κ2) is 10.6. The van der Waals surface area contributed by atoms with Gasteiger partial charge in [0, 0.05) is 6.54 Å². The minimum absolute atomic E-state index is 0.0247. The van der Waals surface area contributed by atoms with Crippen molar-refractivity contribution in [2.24, 2.45) is 0 Å². The molecule has 11 heteroatoms. The summed E-state index contributed by atoms with van der Waals surface area (Å²) in [6, 6.07) is 0. The first-order valence-electron chi connectivity index (χ1n) is 7.50. The van der Waals surface area contributed by atoms with Crippen molar-refractivity contribution in [1.29, 1.82) is 0 Å². The lowest BCUT2D eigenvalue weighted by molar-refractivity contribution is -0.158. The molecule has 0 aromatic carbocycles. The van der Waals surface area contributed by atoms with Gasteiger partial charge >= 0.3 is 11.9 Å². The molecule has 0 aromatic rings. The molecular weight excluding hydrogens is 362 g/mol. The van der Waals surface area contributed by atoms with Crippen LogP contribution in [0, 0.1) is 0 Å². The summed E-state index contributed by atoms with van der Waals surface area (Å²) in [7, 11) is -6.96. The Morgan fingerprint density at radius 1 is 1.00 bits per heavy atom. The average Bonchev–Trinajstić information content (AvgIpc) is 2.44. The predicted molar refractivity (Wildman–Crippen MR) is 87.5 cm³/mol. The third-order valence-corrected chi connectivity index (χ3v) is 6.63. The third-order valence-electron chi connectivity index (χ3n) is 2.87. The van der Waals surface area contributed by atoms with E-state index in [0.29, 0.717) is 0 Å². The van der Waals surface area contributed by atoms with Crippen molar-refractivity contribution in [2.75, 3.05) is 31.3 Å². The molecular formula is C13H25NO8S2. The molecule has 9 nitrogen and oxygen atoms in total. The minimum atomic E-state index is -3.68. The first-order valence-corrected chi connectivity index (χ1v) is 10.9. The molecule has 0 aliphatic rings. The molecule has 1 N–H and O–H groups in total. The van der Waals surface area contributed by atoms with Gasteiger partial charge in [0.25, 0.3) is 0 Å². The zero-order valence-electron chi connectivity index (χ0n) is 14.1. The number of carbonyl (C=O) groups is 2. The summed E-state index contributed by atoms with van der Waals surface area (Å²) >= 11 is 0. The van der Waals surface area contributed by atoms with Gasteiger partial charge in [-0.25, -0.2) is 26.4 Å². The number of sulfone groups is 1. The quantitative estimate of drug-likeness (QED) is 0.448. The van der Waals surface area contributed by atoms with Crippen molar-refractivity contribution >= 4 is 31.8 Å². The molecule has 0 radical (unpaired) electrons. The summed E-state index contributed by atoms with van der Waals surface area (Å²) in [6.45, 7) is 4.13. The van der Waals surface area contributed by atoms with Crippen LogP contribution in [0.15, 0.2) is 0 Å². The standard InChI is InChI=1S/C13H25NO8S2/c1-4-21-13(16)10-22-12(15)6-7-14-24(19,20)9-5-8-23(17,18)11(2)3/h11,14H,4-10H2,1-3H3. The Labute approximate surface area is 143 Å². The van der Waals surface area contributed by atoms with Gasteiger partial charge in [0.15, 0.2) is 16.4 Å². The van der Waals surface area contributed by atoms with Crippen molar-refractivity contribution in [3.8, 4) is 0 Å². The molecule has 0 amide bonds. The molecule has 0 aliphatic carbocycles. The van der Waals surface area contributed by atoms with E-state index in [4.69, 9.17) is 0 Å². The first kappa shape index (κ1) is 22.8. The van der Waals surface area contributed by atoms with Crippen LogP contribution in [0.25, 0.3) is 0 Å². The molecule has 0 heterocycles. The molecule has 0 bridgehead atoms. The van der Waals surface area contributed by atoms with E-state index in [2.05, 4.69) is 14.2 Å². The van der Waals surface area contributed by atoms with E-state index >= 15 is 0 Å². The van der Waals surface area contributed by atoms with Gasteiger partial charge in [0.05, 0.1) is 29.8 Å². The lowest BCUT2D eigenvalue weighted by Gasteiger charge is -2.09. The predicted octanol–water partition coefficient (Wildman–Crippen LogP) is -0.384. The largest absolute Gasteiger partial charge is 0.463 e. The van der Waals surface area contributed by atoms with Crippen LogP contribution in [0.3, 0.4) is 0 Å². The van der Waals surface area contributed by atoms with Crippen molar-refractivity contribution in [1.82, 2.24) is 4.72 Å². The highest BCUT2D eigenvalue weighted by Gasteiger charge is 2.18. The summed E-state index contributed by atoms with van der Waals surface area (Å²) in [6.07, 6.45) is -0.272. The molecule has 0 spiro atoms. The second-order valence-corrected chi connectivity index (χ2v) is 9.80. The van der Waals surface area contributed by atoms with E-state index in [9.17, 15) is 26.4 Å². The van der Waals surface area contributed by atoms with E-state index in [0.717, 1.165) is 0 Å². The number of sulfonamides is 1. The Balaban J connectivity index is 4.04. The SMILES string of the molecule is CCOC(=O)COC(=O)CCNS(=O)(=O)CCCS(=O)(=O)C(C)C. The van der Waals surface area contributed by atoms with Gasteiger partial charge in [-0.1, -0.05) is 0 Å². The van der Waals surface area contributed by atoms with E-state index in [1.54, 1.807) is 6.92 Å². The highest BCUT2D eigenvalue weighted by atomic mass is 32.2. The fraction of sp³-hybridized carbons (Fsp3) is 0.846. The van der Waals surface area contributed by atoms with Gasteiger partial charge < -0.3 is 9.47 Å².